The van der Waals surface area contributed by atoms with Crippen LogP contribution in [0.5, 0.6) is 6.01 Å². The zero-order valence-electron chi connectivity index (χ0n) is 25.1. The monoisotopic (exact) mass is 601 g/mol. The molecule has 4 aliphatic rings. The Labute approximate surface area is 256 Å². The summed E-state index contributed by atoms with van der Waals surface area (Å²) < 4.78 is 14.2. The van der Waals surface area contributed by atoms with Crippen LogP contribution in [-0.4, -0.2) is 86.8 Å². The maximum atomic E-state index is 11.9. The van der Waals surface area contributed by atoms with Gasteiger partial charge in [0.25, 0.3) is 0 Å². The second kappa shape index (κ2) is 11.4. The van der Waals surface area contributed by atoms with Crippen LogP contribution in [0.2, 0.25) is 0 Å². The van der Waals surface area contributed by atoms with Crippen molar-refractivity contribution in [2.75, 3.05) is 49.2 Å². The average Bonchev–Trinajstić information content (AvgIpc) is 3.62. The first-order valence-electron chi connectivity index (χ1n) is 15.6. The minimum absolute atomic E-state index is 0.0438. The first-order chi connectivity index (χ1) is 21.3. The van der Waals surface area contributed by atoms with Crippen LogP contribution in [0.1, 0.15) is 61.6 Å². The molecule has 7 rings (SSSR count). The van der Waals surface area contributed by atoms with Crippen molar-refractivity contribution in [1.82, 2.24) is 24.6 Å². The van der Waals surface area contributed by atoms with E-state index in [1.54, 1.807) is 0 Å². The zero-order chi connectivity index (χ0) is 30.4. The van der Waals surface area contributed by atoms with Gasteiger partial charge in [0, 0.05) is 43.7 Å². The molecule has 1 saturated carbocycles. The number of rotatable bonds is 7. The molecule has 2 aromatic heterocycles. The number of ether oxygens (including phenoxy) is 2. The molecule has 3 fully saturated rings. The van der Waals surface area contributed by atoms with E-state index in [0.717, 1.165) is 78.9 Å². The minimum Gasteiger partial charge on any atom is -0.465 e. The number of carbonyl (C=O) groups is 1. The molecule has 1 aromatic carbocycles. The number of amides is 1. The predicted molar refractivity (Wildman–Crippen MR) is 163 cm³/mol. The zero-order valence-corrected chi connectivity index (χ0v) is 25.1. The molecule has 0 spiro atoms. The molecular formula is C31H39N9O4. The highest BCUT2D eigenvalue weighted by molar-refractivity contribution is 5.94. The molecule has 3 N–H and O–H groups in total. The summed E-state index contributed by atoms with van der Waals surface area (Å²) >= 11 is 0. The van der Waals surface area contributed by atoms with E-state index in [0.29, 0.717) is 39.2 Å². The van der Waals surface area contributed by atoms with Gasteiger partial charge in [-0.2, -0.15) is 20.3 Å². The van der Waals surface area contributed by atoms with Gasteiger partial charge in [-0.25, -0.2) is 9.48 Å². The van der Waals surface area contributed by atoms with Gasteiger partial charge < -0.3 is 35.0 Å². The summed E-state index contributed by atoms with van der Waals surface area (Å²) in [6.07, 6.45) is 6.74. The van der Waals surface area contributed by atoms with Crippen molar-refractivity contribution >= 4 is 28.5 Å². The number of benzene rings is 1. The normalized spacial score (nSPS) is 22.9. The van der Waals surface area contributed by atoms with Crippen LogP contribution in [0.3, 0.4) is 0 Å². The van der Waals surface area contributed by atoms with E-state index >= 15 is 0 Å². The Bertz CT molecular complexity index is 1610. The van der Waals surface area contributed by atoms with Gasteiger partial charge in [-0.1, -0.05) is 6.07 Å². The quantitative estimate of drug-likeness (QED) is 0.409. The Balaban J connectivity index is 1.22. The molecule has 1 unspecified atom stereocenters. The number of carboxylic acid groups (broad SMARTS) is 1. The summed E-state index contributed by atoms with van der Waals surface area (Å²) in [6.45, 7) is 5.72. The Morgan fingerprint density at radius 3 is 2.84 bits per heavy atom. The highest BCUT2D eigenvalue weighted by atomic mass is 16.5. The lowest BCUT2D eigenvalue weighted by Gasteiger charge is -2.41. The third-order valence-corrected chi connectivity index (χ3v) is 9.46. The van der Waals surface area contributed by atoms with Gasteiger partial charge in [0.05, 0.1) is 53.7 Å². The highest BCUT2D eigenvalue weighted by Crippen LogP contribution is 2.38. The summed E-state index contributed by atoms with van der Waals surface area (Å²) in [5, 5.41) is 25.0. The Morgan fingerprint density at radius 1 is 1.23 bits per heavy atom. The third-order valence-electron chi connectivity index (χ3n) is 9.46. The number of nitriles is 1. The number of anilines is 2. The Hall–Kier alpha value is -4.15. The van der Waals surface area contributed by atoms with Crippen LogP contribution in [0.15, 0.2) is 18.3 Å². The summed E-state index contributed by atoms with van der Waals surface area (Å²) in [5.74, 6) is 0.761. The molecule has 2 saturated heterocycles. The molecular weight excluding hydrogens is 562 g/mol. The van der Waals surface area contributed by atoms with Crippen LogP contribution in [-0.2, 0) is 17.7 Å². The van der Waals surface area contributed by atoms with E-state index in [-0.39, 0.29) is 24.2 Å². The van der Waals surface area contributed by atoms with E-state index in [1.807, 2.05) is 10.9 Å². The Kier molecular flexibility index (Phi) is 7.42. The maximum absolute atomic E-state index is 11.9. The molecule has 13 heteroatoms. The van der Waals surface area contributed by atoms with E-state index in [1.165, 1.54) is 10.5 Å². The molecule has 2 atom stereocenters. The number of aromatic nitrogens is 4. The second-order valence-corrected chi connectivity index (χ2v) is 12.6. The van der Waals surface area contributed by atoms with Crippen LogP contribution >= 0.6 is 0 Å². The largest absolute Gasteiger partial charge is 0.465 e. The number of hydrogen-bond donors (Lipinski definition) is 2. The van der Waals surface area contributed by atoms with Crippen molar-refractivity contribution in [1.29, 1.82) is 5.26 Å². The third kappa shape index (κ3) is 5.37. The van der Waals surface area contributed by atoms with E-state index < -0.39 is 12.1 Å². The average molecular weight is 602 g/mol. The van der Waals surface area contributed by atoms with Crippen molar-refractivity contribution < 1.29 is 19.4 Å². The fourth-order valence-electron chi connectivity index (χ4n) is 6.78. The molecule has 3 aliphatic heterocycles. The molecule has 0 bridgehead atoms. The van der Waals surface area contributed by atoms with Crippen molar-refractivity contribution in [2.24, 2.45) is 5.73 Å². The van der Waals surface area contributed by atoms with E-state index in [4.69, 9.17) is 30.3 Å². The molecule has 232 valence electrons. The van der Waals surface area contributed by atoms with Crippen LogP contribution in [0, 0.1) is 18.3 Å². The predicted octanol–water partition coefficient (Wildman–Crippen LogP) is 3.35. The first-order valence-corrected chi connectivity index (χ1v) is 15.6. The smallest absolute Gasteiger partial charge is 0.407 e. The number of piperazine rings is 1. The first kappa shape index (κ1) is 28.6. The number of aryl methyl sites for hydroxylation is 1. The van der Waals surface area contributed by atoms with Crippen LogP contribution < -0.4 is 20.3 Å². The van der Waals surface area contributed by atoms with Gasteiger partial charge in [-0.3, -0.25) is 0 Å². The molecule has 0 radical (unpaired) electrons. The number of hydrogen-bond acceptors (Lipinski definition) is 10. The highest BCUT2D eigenvalue weighted by Gasteiger charge is 2.40. The van der Waals surface area contributed by atoms with Gasteiger partial charge >= 0.3 is 12.1 Å². The molecule has 1 aliphatic carbocycles. The molecule has 3 aromatic rings. The lowest BCUT2D eigenvalue weighted by molar-refractivity contribution is -0.0366. The molecule has 1 amide bonds. The lowest BCUT2D eigenvalue weighted by atomic mass is 10.0. The lowest BCUT2D eigenvalue weighted by Crippen LogP contribution is -2.55. The standard InChI is InChI=1S/C31H39N9O4/c1-20-5-6-25-23(16-34-40(25)26-4-2-3-15-43-26)27(20)37-12-8-22-24(18-37)35-29(44-19-31(33)9-10-31)36-28(22)38-13-14-39(30(41)42)21(17-38)7-11-32/h5-6,16,21,26H,2-4,7-10,12-15,17-19,33H2,1H3,(H,41,42)/t21-,26?/m0/s1. The molecule has 5 heterocycles. The summed E-state index contributed by atoms with van der Waals surface area (Å²) in [5.41, 5.74) is 11.3. The number of nitrogens with zero attached hydrogens (tertiary/aromatic N) is 8. The second-order valence-electron chi connectivity index (χ2n) is 12.6. The molecule has 44 heavy (non-hydrogen) atoms. The van der Waals surface area contributed by atoms with Gasteiger partial charge in [-0.05, 0) is 57.1 Å². The van der Waals surface area contributed by atoms with E-state index in [2.05, 4.69) is 34.9 Å². The molecule has 13 nitrogen and oxygen atoms in total. The van der Waals surface area contributed by atoms with Crippen LogP contribution in [0.4, 0.5) is 16.3 Å². The van der Waals surface area contributed by atoms with Gasteiger partial charge in [0.1, 0.15) is 12.4 Å². The van der Waals surface area contributed by atoms with Crippen molar-refractivity contribution in [3.05, 3.63) is 35.2 Å². The summed E-state index contributed by atoms with van der Waals surface area (Å²) in [4.78, 5) is 27.5. The fraction of sp³-hybridized carbons (Fsp3) is 0.581. The van der Waals surface area contributed by atoms with Gasteiger partial charge in [0.15, 0.2) is 6.23 Å². The number of nitrogens with two attached hydrogens (primary N) is 1. The van der Waals surface area contributed by atoms with Crippen molar-refractivity contribution in [3.63, 3.8) is 0 Å². The topological polar surface area (TPSA) is 159 Å². The van der Waals surface area contributed by atoms with Crippen molar-refractivity contribution in [2.45, 2.75) is 76.2 Å². The van der Waals surface area contributed by atoms with Crippen LogP contribution in [0.25, 0.3) is 10.9 Å². The maximum Gasteiger partial charge on any atom is 0.407 e. The fourth-order valence-corrected chi connectivity index (χ4v) is 6.78. The Morgan fingerprint density at radius 2 is 2.09 bits per heavy atom. The minimum atomic E-state index is -1.00. The summed E-state index contributed by atoms with van der Waals surface area (Å²) in [6, 6.07) is 6.29. The number of fused-ring (bicyclic) bond motifs is 2. The van der Waals surface area contributed by atoms with E-state index in [9.17, 15) is 15.2 Å². The summed E-state index contributed by atoms with van der Waals surface area (Å²) in [7, 11) is 0. The van der Waals surface area contributed by atoms with Gasteiger partial charge in [-0.15, -0.1) is 0 Å². The van der Waals surface area contributed by atoms with Gasteiger partial charge in [0.2, 0.25) is 0 Å². The van der Waals surface area contributed by atoms with Crippen molar-refractivity contribution in [3.8, 4) is 12.1 Å². The SMILES string of the molecule is Cc1ccc2c(cnn2C2CCCCO2)c1N1CCc2c(nc(OCC3(N)CC3)nc2N2CCN(C(=O)O)[C@@H](CC#N)C2)C1.